The molecule has 0 aliphatic rings. The van der Waals surface area contributed by atoms with Crippen molar-refractivity contribution in [1.29, 1.82) is 0 Å². The van der Waals surface area contributed by atoms with E-state index in [4.69, 9.17) is 0 Å². The summed E-state index contributed by atoms with van der Waals surface area (Å²) in [5.74, 6) is 0.0831. The Morgan fingerprint density at radius 1 is 0.778 bits per heavy atom. The molecule has 27 heavy (non-hydrogen) atoms. The summed E-state index contributed by atoms with van der Waals surface area (Å²) in [7, 11) is -3.32. The van der Waals surface area contributed by atoms with Gasteiger partial charge in [0.15, 0.2) is 9.84 Å². The van der Waals surface area contributed by atoms with Crippen LogP contribution in [0, 0.1) is 0 Å². The van der Waals surface area contributed by atoms with Crippen molar-refractivity contribution in [2.24, 2.45) is 0 Å². The summed E-state index contributed by atoms with van der Waals surface area (Å²) in [6, 6.07) is 27.3. The molecule has 0 aromatic heterocycles. The smallest absolute Gasteiger partial charge is 0.178 e. The van der Waals surface area contributed by atoms with Crippen molar-refractivity contribution in [2.45, 2.75) is 30.8 Å². The van der Waals surface area contributed by atoms with Crippen LogP contribution >= 0.6 is 0 Å². The molecule has 0 fully saturated rings. The van der Waals surface area contributed by atoms with Gasteiger partial charge in [0.2, 0.25) is 0 Å². The first-order valence-electron chi connectivity index (χ1n) is 9.20. The molecule has 3 nitrogen and oxygen atoms in total. The lowest BCUT2D eigenvalue weighted by Crippen LogP contribution is -2.27. The third-order valence-corrected chi connectivity index (χ3v) is 6.60. The standard InChI is InChI=1S/C23H25NO2S/c1-3-27(25,26)22-17-11-10-16-21(22)23(20-14-8-5-9-15-20)24-18(2)19-12-6-4-7-13-19/h4-18,23-24H,3H2,1-2H3/t18-,23?/m1/s1. The molecule has 0 saturated heterocycles. The molecule has 3 aromatic rings. The molecule has 3 rings (SSSR count). The monoisotopic (exact) mass is 379 g/mol. The van der Waals surface area contributed by atoms with Crippen LogP contribution in [0.25, 0.3) is 0 Å². The number of nitrogens with one attached hydrogen (secondary N) is 1. The lowest BCUT2D eigenvalue weighted by molar-refractivity contribution is 0.509. The zero-order valence-electron chi connectivity index (χ0n) is 15.7. The van der Waals surface area contributed by atoms with Gasteiger partial charge < -0.3 is 0 Å². The average Bonchev–Trinajstić information content (AvgIpc) is 2.73. The lowest BCUT2D eigenvalue weighted by atomic mass is 9.96. The molecule has 2 atom stereocenters. The summed E-state index contributed by atoms with van der Waals surface area (Å²) < 4.78 is 25.4. The maximum absolute atomic E-state index is 12.7. The molecule has 140 valence electrons. The number of hydrogen-bond acceptors (Lipinski definition) is 3. The second kappa shape index (κ2) is 8.51. The maximum Gasteiger partial charge on any atom is 0.178 e. The highest BCUT2D eigenvalue weighted by atomic mass is 32.2. The Morgan fingerprint density at radius 3 is 1.89 bits per heavy atom. The van der Waals surface area contributed by atoms with Crippen LogP contribution in [-0.4, -0.2) is 14.2 Å². The van der Waals surface area contributed by atoms with Crippen molar-refractivity contribution in [3.63, 3.8) is 0 Å². The van der Waals surface area contributed by atoms with Crippen LogP contribution in [-0.2, 0) is 9.84 Å². The molecule has 0 heterocycles. The van der Waals surface area contributed by atoms with E-state index < -0.39 is 9.84 Å². The molecule has 4 heteroatoms. The molecule has 1 unspecified atom stereocenters. The average molecular weight is 380 g/mol. The lowest BCUT2D eigenvalue weighted by Gasteiger charge is -2.26. The van der Waals surface area contributed by atoms with Crippen LogP contribution in [0.5, 0.6) is 0 Å². The summed E-state index contributed by atoms with van der Waals surface area (Å²) in [6.45, 7) is 3.78. The highest BCUT2D eigenvalue weighted by Gasteiger charge is 2.24. The van der Waals surface area contributed by atoms with Crippen LogP contribution in [0.2, 0.25) is 0 Å². The van der Waals surface area contributed by atoms with Gasteiger partial charge in [-0.15, -0.1) is 0 Å². The van der Waals surface area contributed by atoms with Crippen LogP contribution in [0.3, 0.4) is 0 Å². The fourth-order valence-corrected chi connectivity index (χ4v) is 4.40. The van der Waals surface area contributed by atoms with E-state index in [9.17, 15) is 8.42 Å². The quantitative estimate of drug-likeness (QED) is 0.634. The Hall–Kier alpha value is -2.43. The molecule has 0 radical (unpaired) electrons. The van der Waals surface area contributed by atoms with Crippen LogP contribution < -0.4 is 5.32 Å². The number of rotatable bonds is 7. The van der Waals surface area contributed by atoms with E-state index in [0.29, 0.717) is 4.90 Å². The van der Waals surface area contributed by atoms with Gasteiger partial charge in [0.25, 0.3) is 0 Å². The molecule has 1 N–H and O–H groups in total. The second-order valence-corrected chi connectivity index (χ2v) is 8.83. The SMILES string of the molecule is CCS(=O)(=O)c1ccccc1C(N[C@H](C)c1ccccc1)c1ccccc1. The van der Waals surface area contributed by atoms with Crippen molar-refractivity contribution in [3.05, 3.63) is 102 Å². The first-order chi connectivity index (χ1) is 13.0. The summed E-state index contributed by atoms with van der Waals surface area (Å²) in [5.41, 5.74) is 2.99. The Bertz CT molecular complexity index is 970. The van der Waals surface area contributed by atoms with Gasteiger partial charge in [-0.1, -0.05) is 85.8 Å². The van der Waals surface area contributed by atoms with Gasteiger partial charge in [-0.05, 0) is 29.7 Å². The molecule has 0 amide bonds. The topological polar surface area (TPSA) is 46.2 Å². The first-order valence-corrected chi connectivity index (χ1v) is 10.9. The number of sulfone groups is 1. The van der Waals surface area contributed by atoms with Crippen LogP contribution in [0.4, 0.5) is 0 Å². The largest absolute Gasteiger partial charge is 0.300 e. The first kappa shape index (κ1) is 19.3. The Kier molecular flexibility index (Phi) is 6.09. The third kappa shape index (κ3) is 4.46. The molecule has 0 saturated carbocycles. The van der Waals surface area contributed by atoms with E-state index >= 15 is 0 Å². The molecule has 0 aliphatic heterocycles. The molecule has 0 spiro atoms. The van der Waals surface area contributed by atoms with E-state index in [1.807, 2.05) is 60.7 Å². The number of hydrogen-bond donors (Lipinski definition) is 1. The van der Waals surface area contributed by atoms with Crippen molar-refractivity contribution in [1.82, 2.24) is 5.32 Å². The van der Waals surface area contributed by atoms with Crippen LogP contribution in [0.1, 0.15) is 42.6 Å². The zero-order chi connectivity index (χ0) is 19.3. The van der Waals surface area contributed by atoms with E-state index in [-0.39, 0.29) is 17.8 Å². The Morgan fingerprint density at radius 2 is 1.30 bits per heavy atom. The molecular formula is C23H25NO2S. The zero-order valence-corrected chi connectivity index (χ0v) is 16.5. The molecule has 0 bridgehead atoms. The fourth-order valence-electron chi connectivity index (χ4n) is 3.26. The van der Waals surface area contributed by atoms with Gasteiger partial charge in [-0.2, -0.15) is 0 Å². The predicted molar refractivity (Wildman–Crippen MR) is 110 cm³/mol. The highest BCUT2D eigenvalue weighted by Crippen LogP contribution is 2.31. The summed E-state index contributed by atoms with van der Waals surface area (Å²) in [5, 5.41) is 3.64. The van der Waals surface area contributed by atoms with E-state index in [1.54, 1.807) is 19.1 Å². The van der Waals surface area contributed by atoms with Crippen LogP contribution in [0.15, 0.2) is 89.8 Å². The third-order valence-electron chi connectivity index (χ3n) is 4.79. The summed E-state index contributed by atoms with van der Waals surface area (Å²) >= 11 is 0. The normalized spacial score (nSPS) is 13.9. The highest BCUT2D eigenvalue weighted by molar-refractivity contribution is 7.91. The minimum Gasteiger partial charge on any atom is -0.300 e. The van der Waals surface area contributed by atoms with Gasteiger partial charge in [0.05, 0.1) is 16.7 Å². The van der Waals surface area contributed by atoms with Crippen molar-refractivity contribution < 1.29 is 8.42 Å². The van der Waals surface area contributed by atoms with E-state index in [2.05, 4.69) is 24.4 Å². The Balaban J connectivity index is 2.07. The van der Waals surface area contributed by atoms with Crippen molar-refractivity contribution >= 4 is 9.84 Å². The van der Waals surface area contributed by atoms with Gasteiger partial charge in [-0.25, -0.2) is 8.42 Å². The molecule has 3 aromatic carbocycles. The number of benzene rings is 3. The predicted octanol–water partition coefficient (Wildman–Crippen LogP) is 4.92. The minimum absolute atomic E-state index is 0.0637. The fraction of sp³-hybridized carbons (Fsp3) is 0.217. The molecule has 0 aliphatic carbocycles. The maximum atomic E-state index is 12.7. The van der Waals surface area contributed by atoms with Gasteiger partial charge in [0, 0.05) is 6.04 Å². The Labute approximate surface area is 162 Å². The summed E-state index contributed by atoms with van der Waals surface area (Å²) in [6.07, 6.45) is 0. The summed E-state index contributed by atoms with van der Waals surface area (Å²) in [4.78, 5) is 0.397. The van der Waals surface area contributed by atoms with Gasteiger partial charge in [-0.3, -0.25) is 5.32 Å². The molecular weight excluding hydrogens is 354 g/mol. The van der Waals surface area contributed by atoms with Gasteiger partial charge in [0.1, 0.15) is 0 Å². The van der Waals surface area contributed by atoms with Crippen molar-refractivity contribution in [3.8, 4) is 0 Å². The van der Waals surface area contributed by atoms with E-state index in [1.165, 1.54) is 0 Å². The van der Waals surface area contributed by atoms with Gasteiger partial charge >= 0.3 is 0 Å². The van der Waals surface area contributed by atoms with E-state index in [0.717, 1.165) is 16.7 Å². The second-order valence-electron chi connectivity index (χ2n) is 6.58. The minimum atomic E-state index is -3.32. The van der Waals surface area contributed by atoms with Crippen molar-refractivity contribution in [2.75, 3.05) is 5.75 Å².